The second kappa shape index (κ2) is 5.57. The van der Waals surface area contributed by atoms with Gasteiger partial charge in [-0.3, -0.25) is 4.79 Å². The summed E-state index contributed by atoms with van der Waals surface area (Å²) in [5.74, 6) is -0.161. The van der Waals surface area contributed by atoms with Crippen molar-refractivity contribution in [2.24, 2.45) is 0 Å². The second-order valence-corrected chi connectivity index (χ2v) is 5.11. The van der Waals surface area contributed by atoms with E-state index in [1.165, 1.54) is 6.07 Å². The third-order valence-electron chi connectivity index (χ3n) is 3.61. The summed E-state index contributed by atoms with van der Waals surface area (Å²) in [4.78, 5) is 15.6. The number of H-pyrrole nitrogens is 1. The van der Waals surface area contributed by atoms with Crippen LogP contribution in [0, 0.1) is 0 Å². The first-order valence-corrected chi connectivity index (χ1v) is 6.88. The number of ether oxygens (including phenoxy) is 1. The van der Waals surface area contributed by atoms with Crippen molar-refractivity contribution in [1.29, 1.82) is 0 Å². The highest BCUT2D eigenvalue weighted by molar-refractivity contribution is 6.06. The van der Waals surface area contributed by atoms with Crippen molar-refractivity contribution in [1.82, 2.24) is 10.3 Å². The maximum Gasteiger partial charge on any atom is 0.257 e. The number of hydrogen-bond donors (Lipinski definition) is 4. The highest BCUT2D eigenvalue weighted by Gasteiger charge is 2.27. The molecule has 1 aromatic heterocycles. The number of phenols is 1. The highest BCUT2D eigenvalue weighted by Crippen LogP contribution is 2.32. The molecular formula is C16H17N3O3. The summed E-state index contributed by atoms with van der Waals surface area (Å²) in [6.45, 7) is 1.95. The van der Waals surface area contributed by atoms with Gasteiger partial charge in [0.15, 0.2) is 6.23 Å². The summed E-state index contributed by atoms with van der Waals surface area (Å²) in [5, 5.41) is 15.3. The smallest absolute Gasteiger partial charge is 0.257 e. The van der Waals surface area contributed by atoms with Gasteiger partial charge in [0, 0.05) is 36.8 Å². The molecule has 6 nitrogen and oxygen atoms in total. The molecule has 0 saturated heterocycles. The van der Waals surface area contributed by atoms with E-state index in [1.54, 1.807) is 31.5 Å². The predicted molar refractivity (Wildman–Crippen MR) is 83.4 cm³/mol. The topological polar surface area (TPSA) is 86.4 Å². The van der Waals surface area contributed by atoms with Crippen LogP contribution in [-0.2, 0) is 4.74 Å². The Morgan fingerprint density at radius 2 is 2.23 bits per heavy atom. The van der Waals surface area contributed by atoms with Crippen molar-refractivity contribution >= 4 is 17.2 Å². The zero-order valence-electron chi connectivity index (χ0n) is 12.3. The average Bonchev–Trinajstić information content (AvgIpc) is 2.94. The lowest BCUT2D eigenvalue weighted by Gasteiger charge is -2.23. The standard InChI is InChI=1S/C16H17N3O3/c1-9-7-18-16(22-2)13-12(8-17-14(9)13)15(21)19-10-4-3-5-11(20)6-10/h3-8,16-18,20H,1-2H3,(H,19,21). The number of carbonyl (C=O) groups is 1. The Morgan fingerprint density at radius 1 is 1.41 bits per heavy atom. The molecule has 2 heterocycles. The van der Waals surface area contributed by atoms with Gasteiger partial charge in [-0.15, -0.1) is 0 Å². The molecule has 0 radical (unpaired) electrons. The molecule has 1 aromatic carbocycles. The van der Waals surface area contributed by atoms with E-state index < -0.39 is 0 Å². The van der Waals surface area contributed by atoms with Gasteiger partial charge in [0.05, 0.1) is 11.3 Å². The fourth-order valence-corrected chi connectivity index (χ4v) is 2.55. The van der Waals surface area contributed by atoms with Crippen LogP contribution in [0.1, 0.15) is 34.8 Å². The van der Waals surface area contributed by atoms with Gasteiger partial charge in [-0.05, 0) is 24.6 Å². The quantitative estimate of drug-likeness (QED) is 0.701. The Bertz CT molecular complexity index is 749. The van der Waals surface area contributed by atoms with Crippen LogP contribution in [0.3, 0.4) is 0 Å². The van der Waals surface area contributed by atoms with E-state index >= 15 is 0 Å². The largest absolute Gasteiger partial charge is 0.508 e. The summed E-state index contributed by atoms with van der Waals surface area (Å²) in [5.41, 5.74) is 3.70. The lowest BCUT2D eigenvalue weighted by atomic mass is 10.0. The van der Waals surface area contributed by atoms with E-state index in [9.17, 15) is 9.90 Å². The number of fused-ring (bicyclic) bond motifs is 1. The summed E-state index contributed by atoms with van der Waals surface area (Å²) in [6.07, 6.45) is 3.14. The molecule has 1 aliphatic heterocycles. The Morgan fingerprint density at radius 3 is 2.95 bits per heavy atom. The number of anilines is 1. The van der Waals surface area contributed by atoms with Gasteiger partial charge in [0.2, 0.25) is 0 Å². The number of aromatic amines is 1. The molecule has 3 rings (SSSR count). The number of amides is 1. The molecule has 0 saturated carbocycles. The SMILES string of the molecule is COC1NC=C(C)c2[nH]cc(C(=O)Nc3cccc(O)c3)c21. The number of hydrogen-bond acceptors (Lipinski definition) is 4. The third kappa shape index (κ3) is 2.44. The Balaban J connectivity index is 1.93. The number of allylic oxidation sites excluding steroid dienone is 1. The fraction of sp³-hybridized carbons (Fsp3) is 0.188. The number of carbonyl (C=O) groups excluding carboxylic acids is 1. The number of aromatic nitrogens is 1. The lowest BCUT2D eigenvalue weighted by molar-refractivity contribution is 0.0822. The first-order valence-electron chi connectivity index (χ1n) is 6.88. The number of rotatable bonds is 3. The minimum absolute atomic E-state index is 0.101. The minimum Gasteiger partial charge on any atom is -0.508 e. The van der Waals surface area contributed by atoms with Crippen LogP contribution in [0.2, 0.25) is 0 Å². The van der Waals surface area contributed by atoms with E-state index in [0.717, 1.165) is 16.8 Å². The van der Waals surface area contributed by atoms with Gasteiger partial charge in [-0.25, -0.2) is 0 Å². The van der Waals surface area contributed by atoms with E-state index in [1.807, 2.05) is 13.1 Å². The number of methoxy groups -OCH3 is 1. The molecule has 1 unspecified atom stereocenters. The molecule has 1 aliphatic rings. The van der Waals surface area contributed by atoms with Gasteiger partial charge in [-0.2, -0.15) is 0 Å². The van der Waals surface area contributed by atoms with Gasteiger partial charge in [-0.1, -0.05) is 6.07 Å². The molecule has 0 spiro atoms. The van der Waals surface area contributed by atoms with Crippen LogP contribution < -0.4 is 10.6 Å². The number of benzene rings is 1. The van der Waals surface area contributed by atoms with Crippen molar-refractivity contribution in [3.63, 3.8) is 0 Å². The monoisotopic (exact) mass is 299 g/mol. The second-order valence-electron chi connectivity index (χ2n) is 5.11. The molecular weight excluding hydrogens is 282 g/mol. The normalized spacial score (nSPS) is 16.5. The molecule has 2 aromatic rings. The van der Waals surface area contributed by atoms with E-state index in [-0.39, 0.29) is 17.9 Å². The van der Waals surface area contributed by atoms with Crippen LogP contribution in [0.25, 0.3) is 5.57 Å². The molecule has 0 fully saturated rings. The Kier molecular flexibility index (Phi) is 3.60. The predicted octanol–water partition coefficient (Wildman–Crippen LogP) is 2.58. The molecule has 1 atom stereocenters. The molecule has 22 heavy (non-hydrogen) atoms. The zero-order chi connectivity index (χ0) is 15.7. The van der Waals surface area contributed by atoms with E-state index in [0.29, 0.717) is 11.3 Å². The van der Waals surface area contributed by atoms with Gasteiger partial charge < -0.3 is 25.5 Å². The molecule has 0 aliphatic carbocycles. The van der Waals surface area contributed by atoms with Crippen molar-refractivity contribution in [2.45, 2.75) is 13.2 Å². The molecule has 4 N–H and O–H groups in total. The van der Waals surface area contributed by atoms with Crippen LogP contribution in [0.15, 0.2) is 36.7 Å². The van der Waals surface area contributed by atoms with Crippen molar-refractivity contribution in [2.75, 3.05) is 12.4 Å². The van der Waals surface area contributed by atoms with E-state index in [2.05, 4.69) is 15.6 Å². The van der Waals surface area contributed by atoms with Crippen molar-refractivity contribution < 1.29 is 14.6 Å². The lowest BCUT2D eigenvalue weighted by Crippen LogP contribution is -2.25. The summed E-state index contributed by atoms with van der Waals surface area (Å²) < 4.78 is 5.39. The van der Waals surface area contributed by atoms with Crippen LogP contribution in [0.4, 0.5) is 5.69 Å². The Labute approximate surface area is 127 Å². The van der Waals surface area contributed by atoms with E-state index in [4.69, 9.17) is 4.74 Å². The van der Waals surface area contributed by atoms with Crippen LogP contribution in [0.5, 0.6) is 5.75 Å². The fourth-order valence-electron chi connectivity index (χ4n) is 2.55. The number of aromatic hydroxyl groups is 1. The Hall–Kier alpha value is -2.73. The van der Waals surface area contributed by atoms with Gasteiger partial charge >= 0.3 is 0 Å². The maximum absolute atomic E-state index is 12.5. The molecule has 1 amide bonds. The van der Waals surface area contributed by atoms with Crippen LogP contribution >= 0.6 is 0 Å². The van der Waals surface area contributed by atoms with Crippen molar-refractivity contribution in [3.05, 3.63) is 53.5 Å². The zero-order valence-corrected chi connectivity index (χ0v) is 12.3. The molecule has 6 heteroatoms. The van der Waals surface area contributed by atoms with Crippen molar-refractivity contribution in [3.8, 4) is 5.75 Å². The van der Waals surface area contributed by atoms with Gasteiger partial charge in [0.25, 0.3) is 5.91 Å². The average molecular weight is 299 g/mol. The van der Waals surface area contributed by atoms with Crippen LogP contribution in [-0.4, -0.2) is 23.1 Å². The minimum atomic E-state index is -0.380. The first-order chi connectivity index (χ1) is 10.6. The molecule has 114 valence electrons. The maximum atomic E-state index is 12.5. The molecule has 0 bridgehead atoms. The third-order valence-corrected chi connectivity index (χ3v) is 3.61. The first kappa shape index (κ1) is 14.2. The number of phenolic OH excluding ortho intramolecular Hbond substituents is 1. The summed E-state index contributed by atoms with van der Waals surface area (Å²) in [6, 6.07) is 6.43. The van der Waals surface area contributed by atoms with Gasteiger partial charge in [0.1, 0.15) is 5.75 Å². The highest BCUT2D eigenvalue weighted by atomic mass is 16.5. The number of nitrogens with one attached hydrogen (secondary N) is 3. The summed E-state index contributed by atoms with van der Waals surface area (Å²) >= 11 is 0. The summed E-state index contributed by atoms with van der Waals surface area (Å²) in [7, 11) is 1.58.